The van der Waals surface area contributed by atoms with Crippen LogP contribution < -0.4 is 15.0 Å². The van der Waals surface area contributed by atoms with Gasteiger partial charge in [0.25, 0.3) is 10.0 Å². The molecule has 0 aliphatic carbocycles. The Hall–Kier alpha value is -3.40. The van der Waals surface area contributed by atoms with Crippen molar-refractivity contribution in [3.63, 3.8) is 0 Å². The van der Waals surface area contributed by atoms with E-state index in [1.165, 1.54) is 6.07 Å². The maximum atomic E-state index is 13.2. The maximum absolute atomic E-state index is 13.2. The number of hydrogen-bond donors (Lipinski definition) is 1. The number of amidine groups is 1. The molecule has 2 aromatic carbocycles. The molecule has 3 aliphatic heterocycles. The lowest BCUT2D eigenvalue weighted by atomic mass is 10.1. The monoisotopic (exact) mass is 468 g/mol. The molecule has 10 heteroatoms. The van der Waals surface area contributed by atoms with E-state index in [9.17, 15) is 18.0 Å². The summed E-state index contributed by atoms with van der Waals surface area (Å²) < 4.78 is 34.4. The first-order chi connectivity index (χ1) is 15.9. The second-order valence-corrected chi connectivity index (χ2v) is 9.83. The van der Waals surface area contributed by atoms with Crippen molar-refractivity contribution in [2.24, 2.45) is 4.40 Å². The van der Waals surface area contributed by atoms with Crippen LogP contribution in [0, 0.1) is 0 Å². The zero-order chi connectivity index (χ0) is 23.2. The highest BCUT2D eigenvalue weighted by Crippen LogP contribution is 2.35. The van der Waals surface area contributed by atoms with Gasteiger partial charge in [-0.05, 0) is 49.6 Å². The van der Waals surface area contributed by atoms with Crippen LogP contribution in [0.4, 0.5) is 11.4 Å². The van der Waals surface area contributed by atoms with Crippen molar-refractivity contribution in [1.82, 2.24) is 4.90 Å². The summed E-state index contributed by atoms with van der Waals surface area (Å²) in [6, 6.07) is 11.3. The Kier molecular flexibility index (Phi) is 5.32. The fourth-order valence-corrected chi connectivity index (χ4v) is 5.91. The van der Waals surface area contributed by atoms with E-state index < -0.39 is 16.1 Å². The molecule has 1 atom stereocenters. The van der Waals surface area contributed by atoms with Gasteiger partial charge < -0.3 is 19.9 Å². The highest BCUT2D eigenvalue weighted by atomic mass is 32.2. The molecule has 2 saturated heterocycles. The van der Waals surface area contributed by atoms with Crippen molar-refractivity contribution >= 4 is 39.0 Å². The van der Waals surface area contributed by atoms with Crippen LogP contribution in [0.25, 0.3) is 0 Å². The third-order valence-corrected chi connectivity index (χ3v) is 7.58. The minimum atomic E-state index is -3.76. The van der Waals surface area contributed by atoms with Crippen molar-refractivity contribution in [1.29, 1.82) is 0 Å². The molecule has 2 fully saturated rings. The molecular formula is C23H24N4O5S. The lowest BCUT2D eigenvalue weighted by Gasteiger charge is -2.26. The lowest BCUT2D eigenvalue weighted by Crippen LogP contribution is -2.43. The molecule has 3 heterocycles. The highest BCUT2D eigenvalue weighted by Gasteiger charge is 2.39. The summed E-state index contributed by atoms with van der Waals surface area (Å²) in [6.45, 7) is 1.15. The number of carbonyl (C=O) groups is 2. The normalized spacial score (nSPS) is 21.2. The van der Waals surface area contributed by atoms with Gasteiger partial charge in [0, 0.05) is 30.8 Å². The Morgan fingerprint density at radius 2 is 1.97 bits per heavy atom. The van der Waals surface area contributed by atoms with Gasteiger partial charge >= 0.3 is 0 Å². The number of likely N-dealkylation sites (tertiary alicyclic amines) is 1. The van der Waals surface area contributed by atoms with Gasteiger partial charge in [-0.3, -0.25) is 9.59 Å². The van der Waals surface area contributed by atoms with Crippen LogP contribution in [0.1, 0.15) is 31.2 Å². The summed E-state index contributed by atoms with van der Waals surface area (Å²) >= 11 is 0. The van der Waals surface area contributed by atoms with Crippen LogP contribution in [-0.4, -0.2) is 57.2 Å². The van der Waals surface area contributed by atoms with E-state index in [-0.39, 0.29) is 16.7 Å². The average molecular weight is 469 g/mol. The number of rotatable bonds is 4. The second-order valence-electron chi connectivity index (χ2n) is 8.26. The Morgan fingerprint density at radius 3 is 2.73 bits per heavy atom. The lowest BCUT2D eigenvalue weighted by molar-refractivity contribution is -0.119. The third kappa shape index (κ3) is 3.74. The number of carbonyl (C=O) groups excluding carboxylic acids is 2. The predicted octanol–water partition coefficient (Wildman–Crippen LogP) is 2.37. The number of hydrogen-bond acceptors (Lipinski definition) is 6. The topological polar surface area (TPSA) is 108 Å². The van der Waals surface area contributed by atoms with Crippen molar-refractivity contribution in [2.75, 3.05) is 30.4 Å². The van der Waals surface area contributed by atoms with Crippen LogP contribution in [0.3, 0.4) is 0 Å². The predicted molar refractivity (Wildman–Crippen MR) is 123 cm³/mol. The van der Waals surface area contributed by atoms with E-state index in [0.29, 0.717) is 54.5 Å². The minimum absolute atomic E-state index is 0.0258. The molecule has 0 spiro atoms. The molecule has 0 saturated carbocycles. The summed E-state index contributed by atoms with van der Waals surface area (Å²) in [5.41, 5.74) is 1.70. The molecule has 0 aromatic heterocycles. The fourth-order valence-electron chi connectivity index (χ4n) is 4.70. The van der Waals surface area contributed by atoms with E-state index in [4.69, 9.17) is 4.74 Å². The van der Waals surface area contributed by atoms with E-state index in [1.807, 2.05) is 0 Å². The first kappa shape index (κ1) is 21.4. The molecule has 172 valence electrons. The molecule has 5 rings (SSSR count). The van der Waals surface area contributed by atoms with Gasteiger partial charge in [-0.15, -0.1) is 4.40 Å². The summed E-state index contributed by atoms with van der Waals surface area (Å²) in [7, 11) is -2.22. The summed E-state index contributed by atoms with van der Waals surface area (Å²) in [5.74, 6) is 0.660. The number of nitrogens with zero attached hydrogens (tertiary/aromatic N) is 3. The standard InChI is InChI=1S/C23H24N4O5S/c1-32-19-11-10-15(14-18(19)26-12-5-9-21(26)28)24-23(29)17-7-4-13-27(17)22-16-6-2-3-8-20(16)33(30,31)25-22/h2-3,6,8,10-11,14,17H,4-5,7,9,12-13H2,1H3,(H,24,29)/t17-/m0/s1. The van der Waals surface area contributed by atoms with E-state index >= 15 is 0 Å². The molecule has 3 aliphatic rings. The Morgan fingerprint density at radius 1 is 1.15 bits per heavy atom. The van der Waals surface area contributed by atoms with Crippen molar-refractivity contribution in [3.8, 4) is 5.75 Å². The number of benzene rings is 2. The molecule has 9 nitrogen and oxygen atoms in total. The molecule has 2 aromatic rings. The quantitative estimate of drug-likeness (QED) is 0.738. The van der Waals surface area contributed by atoms with Gasteiger partial charge in [-0.1, -0.05) is 12.1 Å². The number of methoxy groups -OCH3 is 1. The zero-order valence-electron chi connectivity index (χ0n) is 18.2. The Bertz CT molecular complexity index is 1270. The number of fused-ring (bicyclic) bond motifs is 1. The van der Waals surface area contributed by atoms with Gasteiger partial charge in [0.05, 0.1) is 12.8 Å². The second kappa shape index (κ2) is 8.18. The Labute approximate surface area is 192 Å². The molecule has 0 unspecified atom stereocenters. The molecule has 0 radical (unpaired) electrons. The van der Waals surface area contributed by atoms with Crippen molar-refractivity contribution < 1.29 is 22.7 Å². The molecule has 0 bridgehead atoms. The SMILES string of the molecule is COc1ccc(NC(=O)[C@@H]2CCCN2C2=NS(=O)(=O)c3ccccc32)cc1N1CCCC1=O. The highest BCUT2D eigenvalue weighted by molar-refractivity contribution is 7.90. The van der Waals surface area contributed by atoms with Crippen LogP contribution in [0.15, 0.2) is 51.8 Å². The first-order valence-corrected chi connectivity index (χ1v) is 12.3. The molecule has 2 amide bonds. The average Bonchev–Trinajstić information content (AvgIpc) is 3.52. The number of ether oxygens (including phenoxy) is 1. The molecular weight excluding hydrogens is 444 g/mol. The van der Waals surface area contributed by atoms with Crippen LogP contribution in [0.2, 0.25) is 0 Å². The van der Waals surface area contributed by atoms with Gasteiger partial charge in [-0.25, -0.2) is 0 Å². The minimum Gasteiger partial charge on any atom is -0.495 e. The number of amides is 2. The number of nitrogens with one attached hydrogen (secondary N) is 1. The van der Waals surface area contributed by atoms with E-state index in [0.717, 1.165) is 12.8 Å². The largest absolute Gasteiger partial charge is 0.495 e. The van der Waals surface area contributed by atoms with E-state index in [1.54, 1.807) is 53.3 Å². The number of anilines is 2. The van der Waals surface area contributed by atoms with Crippen LogP contribution in [-0.2, 0) is 19.6 Å². The first-order valence-electron chi connectivity index (χ1n) is 10.9. The summed E-state index contributed by atoms with van der Waals surface area (Å²) in [5, 5.41) is 2.93. The van der Waals surface area contributed by atoms with Gasteiger partial charge in [0.2, 0.25) is 11.8 Å². The third-order valence-electron chi connectivity index (χ3n) is 6.25. The smallest absolute Gasteiger partial charge is 0.285 e. The van der Waals surface area contributed by atoms with Crippen molar-refractivity contribution in [2.45, 2.75) is 36.6 Å². The van der Waals surface area contributed by atoms with Crippen molar-refractivity contribution in [3.05, 3.63) is 48.0 Å². The number of sulfonamides is 1. The summed E-state index contributed by atoms with van der Waals surface area (Å²) in [6.07, 6.45) is 2.60. The van der Waals surface area contributed by atoms with Crippen LogP contribution in [0.5, 0.6) is 5.75 Å². The van der Waals surface area contributed by atoms with Gasteiger partial charge in [-0.2, -0.15) is 8.42 Å². The van der Waals surface area contributed by atoms with Crippen LogP contribution >= 0.6 is 0 Å². The van der Waals surface area contributed by atoms with E-state index in [2.05, 4.69) is 9.71 Å². The molecule has 33 heavy (non-hydrogen) atoms. The molecule has 1 N–H and O–H groups in total. The Balaban J connectivity index is 1.40. The summed E-state index contributed by atoms with van der Waals surface area (Å²) in [4.78, 5) is 29.1. The fraction of sp³-hybridized carbons (Fsp3) is 0.348. The maximum Gasteiger partial charge on any atom is 0.285 e. The zero-order valence-corrected chi connectivity index (χ0v) is 19.0. The van der Waals surface area contributed by atoms with Gasteiger partial charge in [0.15, 0.2) is 5.84 Å². The van der Waals surface area contributed by atoms with Gasteiger partial charge in [0.1, 0.15) is 16.7 Å².